The van der Waals surface area contributed by atoms with Crippen LogP contribution in [0.5, 0.6) is 5.88 Å². The first-order chi connectivity index (χ1) is 16.0. The lowest BCUT2D eigenvalue weighted by Crippen LogP contribution is -2.62. The van der Waals surface area contributed by atoms with Gasteiger partial charge in [0.2, 0.25) is 11.8 Å². The Kier molecular flexibility index (Phi) is 6.12. The first kappa shape index (κ1) is 22.0. The Morgan fingerprint density at radius 2 is 1.91 bits per heavy atom. The van der Waals surface area contributed by atoms with E-state index in [1.54, 1.807) is 19.2 Å². The van der Waals surface area contributed by atoms with Gasteiger partial charge >= 0.3 is 6.03 Å². The minimum absolute atomic E-state index is 0.0474. The predicted molar refractivity (Wildman–Crippen MR) is 121 cm³/mol. The number of carbonyl (C=O) groups excluding carboxylic acids is 3. The van der Waals surface area contributed by atoms with E-state index in [2.05, 4.69) is 15.2 Å². The molecule has 0 aliphatic carbocycles. The van der Waals surface area contributed by atoms with E-state index in [0.29, 0.717) is 54.7 Å². The van der Waals surface area contributed by atoms with Crippen molar-refractivity contribution in [2.75, 3.05) is 39.8 Å². The van der Waals surface area contributed by atoms with Gasteiger partial charge in [0.05, 0.1) is 12.7 Å². The van der Waals surface area contributed by atoms with Gasteiger partial charge < -0.3 is 24.8 Å². The standard InChI is InChI=1S/C24H33N5O4/c1-33-21-6-5-17(12-25-21)23(31)26-19-7-9-27(10-8-19)24(32)28-13-16-11-18(15-28)20-3-2-4-22(30)29(20)14-16/h5-6,12,16,18-20H,2-4,7-11,13-15H2,1H3,(H,26,31)/t16?,18?,20-/m1/s1. The number of piperidine rings is 4. The molecule has 2 bridgehead atoms. The van der Waals surface area contributed by atoms with E-state index in [1.807, 2.05) is 9.80 Å². The molecule has 0 radical (unpaired) electrons. The van der Waals surface area contributed by atoms with Crippen LogP contribution in [0.2, 0.25) is 0 Å². The molecule has 0 aromatic carbocycles. The van der Waals surface area contributed by atoms with Crippen LogP contribution < -0.4 is 10.1 Å². The van der Waals surface area contributed by atoms with Gasteiger partial charge in [0.1, 0.15) is 0 Å². The number of fused-ring (bicyclic) bond motifs is 4. The second-order valence-electron chi connectivity index (χ2n) is 9.88. The predicted octanol–water partition coefficient (Wildman–Crippen LogP) is 1.74. The number of carbonyl (C=O) groups is 3. The van der Waals surface area contributed by atoms with E-state index in [4.69, 9.17) is 4.74 Å². The van der Waals surface area contributed by atoms with Gasteiger partial charge in [-0.3, -0.25) is 9.59 Å². The fraction of sp³-hybridized carbons (Fsp3) is 0.667. The van der Waals surface area contributed by atoms with Crippen LogP contribution in [0, 0.1) is 11.8 Å². The third kappa shape index (κ3) is 4.50. The number of pyridine rings is 1. The monoisotopic (exact) mass is 455 g/mol. The fourth-order valence-electron chi connectivity index (χ4n) is 6.09. The van der Waals surface area contributed by atoms with Crippen molar-refractivity contribution < 1.29 is 19.1 Å². The lowest BCUT2D eigenvalue weighted by Gasteiger charge is -2.53. The molecule has 4 amide bonds. The molecule has 1 aromatic rings. The number of nitrogens with one attached hydrogen (secondary N) is 1. The molecule has 1 N–H and O–H groups in total. The average Bonchev–Trinajstić information content (AvgIpc) is 2.84. The van der Waals surface area contributed by atoms with Crippen molar-refractivity contribution in [2.24, 2.45) is 11.8 Å². The van der Waals surface area contributed by atoms with Crippen LogP contribution in [-0.2, 0) is 4.79 Å². The molecular formula is C24H33N5O4. The van der Waals surface area contributed by atoms with E-state index in [9.17, 15) is 14.4 Å². The van der Waals surface area contributed by atoms with Crippen LogP contribution in [0.25, 0.3) is 0 Å². The highest BCUT2D eigenvalue weighted by molar-refractivity contribution is 5.94. The zero-order valence-corrected chi connectivity index (χ0v) is 19.2. The quantitative estimate of drug-likeness (QED) is 0.749. The number of methoxy groups -OCH3 is 1. The Hall–Kier alpha value is -2.84. The number of ether oxygens (including phenoxy) is 1. The maximum absolute atomic E-state index is 13.3. The summed E-state index contributed by atoms with van der Waals surface area (Å²) in [5.74, 6) is 1.42. The van der Waals surface area contributed by atoms with Gasteiger partial charge in [-0.2, -0.15) is 0 Å². The highest BCUT2D eigenvalue weighted by Crippen LogP contribution is 2.38. The summed E-state index contributed by atoms with van der Waals surface area (Å²) in [6.45, 7) is 3.59. The Morgan fingerprint density at radius 1 is 1.09 bits per heavy atom. The van der Waals surface area contributed by atoms with Crippen molar-refractivity contribution in [3.8, 4) is 5.88 Å². The van der Waals surface area contributed by atoms with E-state index >= 15 is 0 Å². The number of rotatable bonds is 3. The molecule has 2 unspecified atom stereocenters. The molecule has 9 nitrogen and oxygen atoms in total. The van der Waals surface area contributed by atoms with Gasteiger partial charge in [-0.1, -0.05) is 0 Å². The summed E-state index contributed by atoms with van der Waals surface area (Å²) in [7, 11) is 1.54. The second kappa shape index (κ2) is 9.19. The molecule has 4 aliphatic heterocycles. The topological polar surface area (TPSA) is 95.1 Å². The van der Waals surface area contributed by atoms with E-state index in [0.717, 1.165) is 51.7 Å². The number of aromatic nitrogens is 1. The number of urea groups is 1. The van der Waals surface area contributed by atoms with Crippen molar-refractivity contribution in [3.05, 3.63) is 23.9 Å². The molecule has 3 atom stereocenters. The maximum atomic E-state index is 13.3. The normalized spacial score (nSPS) is 27.7. The Morgan fingerprint density at radius 3 is 2.64 bits per heavy atom. The van der Waals surface area contributed by atoms with Crippen LogP contribution in [-0.4, -0.2) is 89.4 Å². The number of hydrogen-bond acceptors (Lipinski definition) is 5. The summed E-state index contributed by atoms with van der Waals surface area (Å²) < 4.78 is 5.04. The SMILES string of the molecule is COc1ccc(C(=O)NC2CCN(C(=O)N3CC4CC(C3)[C@H]3CCCC(=O)N3C4)CC2)cn1. The van der Waals surface area contributed by atoms with Gasteiger partial charge in [-0.05, 0) is 50.0 Å². The number of nitrogens with zero attached hydrogens (tertiary/aromatic N) is 4. The number of amides is 4. The van der Waals surface area contributed by atoms with Crippen LogP contribution in [0.4, 0.5) is 4.79 Å². The van der Waals surface area contributed by atoms with Crippen LogP contribution >= 0.6 is 0 Å². The minimum Gasteiger partial charge on any atom is -0.481 e. The summed E-state index contributed by atoms with van der Waals surface area (Å²) in [6.07, 6.45) is 6.85. The summed E-state index contributed by atoms with van der Waals surface area (Å²) in [5.41, 5.74) is 0.504. The lowest BCUT2D eigenvalue weighted by atomic mass is 9.76. The van der Waals surface area contributed by atoms with Gasteiger partial charge in [-0.15, -0.1) is 0 Å². The number of hydrogen-bond donors (Lipinski definition) is 1. The van der Waals surface area contributed by atoms with E-state index in [-0.39, 0.29) is 18.0 Å². The Balaban J connectivity index is 1.13. The minimum atomic E-state index is -0.148. The summed E-state index contributed by atoms with van der Waals surface area (Å²) in [5, 5.41) is 3.07. The van der Waals surface area contributed by atoms with Gasteiger partial charge in [-0.25, -0.2) is 9.78 Å². The molecule has 178 valence electrons. The molecule has 9 heteroatoms. The molecule has 0 spiro atoms. The van der Waals surface area contributed by atoms with Crippen molar-refractivity contribution in [3.63, 3.8) is 0 Å². The summed E-state index contributed by atoms with van der Waals surface area (Å²) >= 11 is 0. The molecule has 4 aliphatic rings. The highest BCUT2D eigenvalue weighted by Gasteiger charge is 2.45. The van der Waals surface area contributed by atoms with E-state index < -0.39 is 0 Å². The van der Waals surface area contributed by atoms with E-state index in [1.165, 1.54) is 6.20 Å². The largest absolute Gasteiger partial charge is 0.481 e. The number of likely N-dealkylation sites (tertiary alicyclic amines) is 2. The Labute approximate surface area is 194 Å². The molecular weight excluding hydrogens is 422 g/mol. The van der Waals surface area contributed by atoms with Gasteiger partial charge in [0.15, 0.2) is 0 Å². The first-order valence-corrected chi connectivity index (χ1v) is 12.2. The Bertz CT molecular complexity index is 899. The second-order valence-corrected chi connectivity index (χ2v) is 9.88. The maximum Gasteiger partial charge on any atom is 0.320 e. The summed E-state index contributed by atoms with van der Waals surface area (Å²) in [4.78, 5) is 48.3. The van der Waals surface area contributed by atoms with Gasteiger partial charge in [0.25, 0.3) is 5.91 Å². The first-order valence-electron chi connectivity index (χ1n) is 12.2. The average molecular weight is 456 g/mol. The molecule has 5 rings (SSSR count). The zero-order valence-electron chi connectivity index (χ0n) is 19.2. The third-order valence-corrected chi connectivity index (χ3v) is 7.76. The van der Waals surface area contributed by atoms with Crippen molar-refractivity contribution in [1.29, 1.82) is 0 Å². The molecule has 4 fully saturated rings. The zero-order chi connectivity index (χ0) is 22.9. The van der Waals surface area contributed by atoms with Gasteiger partial charge in [0, 0.05) is 63.5 Å². The van der Waals surface area contributed by atoms with Crippen molar-refractivity contribution >= 4 is 17.8 Å². The molecule has 1 aromatic heterocycles. The fourth-order valence-corrected chi connectivity index (χ4v) is 6.09. The van der Waals surface area contributed by atoms with Crippen molar-refractivity contribution in [2.45, 2.75) is 50.6 Å². The highest BCUT2D eigenvalue weighted by atomic mass is 16.5. The third-order valence-electron chi connectivity index (χ3n) is 7.76. The molecule has 0 saturated carbocycles. The van der Waals surface area contributed by atoms with Crippen LogP contribution in [0.15, 0.2) is 18.3 Å². The molecule has 4 saturated heterocycles. The molecule has 33 heavy (non-hydrogen) atoms. The summed E-state index contributed by atoms with van der Waals surface area (Å²) in [6, 6.07) is 3.85. The van der Waals surface area contributed by atoms with Crippen molar-refractivity contribution in [1.82, 2.24) is 25.0 Å². The smallest absolute Gasteiger partial charge is 0.320 e. The molecule has 5 heterocycles. The van der Waals surface area contributed by atoms with Crippen LogP contribution in [0.1, 0.15) is 48.9 Å². The van der Waals surface area contributed by atoms with Crippen LogP contribution in [0.3, 0.4) is 0 Å². The lowest BCUT2D eigenvalue weighted by molar-refractivity contribution is -0.144.